The van der Waals surface area contributed by atoms with Crippen LogP contribution in [0.15, 0.2) is 24.3 Å². The zero-order valence-corrected chi connectivity index (χ0v) is 14.8. The average Bonchev–Trinajstić information content (AvgIpc) is 3.10. The molecule has 128 valence electrons. The van der Waals surface area contributed by atoms with Crippen LogP contribution in [0.2, 0.25) is 0 Å². The van der Waals surface area contributed by atoms with Gasteiger partial charge in [0, 0.05) is 20.1 Å². The van der Waals surface area contributed by atoms with Crippen LogP contribution in [0.3, 0.4) is 0 Å². The number of nitrogens with zero attached hydrogens (tertiary/aromatic N) is 2. The summed E-state index contributed by atoms with van der Waals surface area (Å²) in [5, 5.41) is 0. The molecule has 2 rings (SSSR count). The standard InChI is InChI=1S/C19H30N2O2/c1-4-16(2)17-9-5-6-10-18(17)23-15-19(22)20(3)13-14-21-11-7-8-12-21/h5-6,9-10,16H,4,7-8,11-15H2,1-3H3. The second kappa shape index (κ2) is 8.92. The molecule has 1 heterocycles. The predicted octanol–water partition coefficient (Wildman–Crippen LogP) is 3.13. The van der Waals surface area contributed by atoms with Crippen molar-refractivity contribution in [1.29, 1.82) is 0 Å². The number of amides is 1. The third-order valence-electron chi connectivity index (χ3n) is 4.79. The Bertz CT molecular complexity index is 498. The van der Waals surface area contributed by atoms with Gasteiger partial charge in [-0.25, -0.2) is 0 Å². The molecule has 1 amide bonds. The number of likely N-dealkylation sites (tertiary alicyclic amines) is 1. The van der Waals surface area contributed by atoms with Crippen LogP contribution >= 0.6 is 0 Å². The summed E-state index contributed by atoms with van der Waals surface area (Å²) >= 11 is 0. The highest BCUT2D eigenvalue weighted by molar-refractivity contribution is 5.77. The summed E-state index contributed by atoms with van der Waals surface area (Å²) in [5.74, 6) is 1.32. The van der Waals surface area contributed by atoms with Gasteiger partial charge in [-0.15, -0.1) is 0 Å². The van der Waals surface area contributed by atoms with Gasteiger partial charge in [0.1, 0.15) is 5.75 Å². The molecular formula is C19H30N2O2. The highest BCUT2D eigenvalue weighted by atomic mass is 16.5. The Hall–Kier alpha value is -1.55. The van der Waals surface area contributed by atoms with Gasteiger partial charge in [0.25, 0.3) is 5.91 Å². The number of carbonyl (C=O) groups is 1. The van der Waals surface area contributed by atoms with Crippen molar-refractivity contribution in [2.75, 3.05) is 39.8 Å². The van der Waals surface area contributed by atoms with Gasteiger partial charge >= 0.3 is 0 Å². The number of likely N-dealkylation sites (N-methyl/N-ethyl adjacent to an activating group) is 1. The van der Waals surface area contributed by atoms with Gasteiger partial charge in [0.2, 0.25) is 0 Å². The third kappa shape index (κ3) is 5.24. The molecule has 1 atom stereocenters. The van der Waals surface area contributed by atoms with E-state index in [0.29, 0.717) is 5.92 Å². The van der Waals surface area contributed by atoms with E-state index in [1.165, 1.54) is 31.5 Å². The van der Waals surface area contributed by atoms with Gasteiger partial charge in [-0.05, 0) is 49.9 Å². The molecule has 1 unspecified atom stereocenters. The average molecular weight is 318 g/mol. The first-order valence-electron chi connectivity index (χ1n) is 8.79. The summed E-state index contributed by atoms with van der Waals surface area (Å²) in [6.45, 7) is 8.54. The van der Waals surface area contributed by atoms with Crippen molar-refractivity contribution in [3.8, 4) is 5.75 Å². The van der Waals surface area contributed by atoms with Crippen molar-refractivity contribution in [3.05, 3.63) is 29.8 Å². The third-order valence-corrected chi connectivity index (χ3v) is 4.79. The lowest BCUT2D eigenvalue weighted by molar-refractivity contribution is -0.132. The minimum Gasteiger partial charge on any atom is -0.483 e. The monoisotopic (exact) mass is 318 g/mol. The fourth-order valence-electron chi connectivity index (χ4n) is 2.91. The molecule has 4 nitrogen and oxygen atoms in total. The molecular weight excluding hydrogens is 288 g/mol. The molecule has 1 aliphatic heterocycles. The van der Waals surface area contributed by atoms with Crippen LogP contribution in [0.1, 0.15) is 44.6 Å². The molecule has 23 heavy (non-hydrogen) atoms. The fraction of sp³-hybridized carbons (Fsp3) is 0.632. The normalized spacial score (nSPS) is 16.3. The van der Waals surface area contributed by atoms with Gasteiger partial charge < -0.3 is 14.5 Å². The van der Waals surface area contributed by atoms with Crippen LogP contribution in [-0.2, 0) is 4.79 Å². The molecule has 4 heteroatoms. The number of hydrogen-bond donors (Lipinski definition) is 0. The number of rotatable bonds is 8. The van der Waals surface area contributed by atoms with E-state index in [4.69, 9.17) is 4.74 Å². The number of hydrogen-bond acceptors (Lipinski definition) is 3. The van der Waals surface area contributed by atoms with Crippen molar-refractivity contribution < 1.29 is 9.53 Å². The van der Waals surface area contributed by atoms with Crippen molar-refractivity contribution in [2.24, 2.45) is 0 Å². The molecule has 0 bridgehead atoms. The van der Waals surface area contributed by atoms with E-state index in [1.807, 2.05) is 25.2 Å². The Morgan fingerprint density at radius 1 is 1.30 bits per heavy atom. The zero-order chi connectivity index (χ0) is 16.7. The molecule has 1 saturated heterocycles. The number of carbonyl (C=O) groups excluding carboxylic acids is 1. The van der Waals surface area contributed by atoms with Crippen molar-refractivity contribution in [1.82, 2.24) is 9.80 Å². The Kier molecular flexibility index (Phi) is 6.90. The molecule has 0 spiro atoms. The summed E-state index contributed by atoms with van der Waals surface area (Å²) in [5.41, 5.74) is 1.18. The highest BCUT2D eigenvalue weighted by Gasteiger charge is 2.16. The first kappa shape index (κ1) is 17.8. The first-order valence-corrected chi connectivity index (χ1v) is 8.79. The molecule has 1 fully saturated rings. The summed E-state index contributed by atoms with van der Waals surface area (Å²) in [7, 11) is 1.86. The van der Waals surface area contributed by atoms with E-state index >= 15 is 0 Å². The molecule has 0 aliphatic carbocycles. The summed E-state index contributed by atoms with van der Waals surface area (Å²) < 4.78 is 5.81. The maximum Gasteiger partial charge on any atom is 0.260 e. The predicted molar refractivity (Wildman–Crippen MR) is 94.0 cm³/mol. The first-order chi connectivity index (χ1) is 11.1. The maximum atomic E-state index is 12.3. The number of ether oxygens (including phenoxy) is 1. The van der Waals surface area contributed by atoms with E-state index in [9.17, 15) is 4.79 Å². The van der Waals surface area contributed by atoms with Crippen molar-refractivity contribution >= 4 is 5.91 Å². The molecule has 0 radical (unpaired) electrons. The summed E-state index contributed by atoms with van der Waals surface area (Å²) in [6.07, 6.45) is 3.63. The zero-order valence-electron chi connectivity index (χ0n) is 14.8. The Morgan fingerprint density at radius 2 is 2.00 bits per heavy atom. The van der Waals surface area contributed by atoms with E-state index in [-0.39, 0.29) is 12.5 Å². The molecule has 1 aromatic carbocycles. The van der Waals surface area contributed by atoms with Crippen LogP contribution in [0.5, 0.6) is 5.75 Å². The Labute approximate surface area is 140 Å². The van der Waals surface area contributed by atoms with Gasteiger partial charge in [0.05, 0.1) is 0 Å². The van der Waals surface area contributed by atoms with E-state index in [1.54, 1.807) is 4.90 Å². The second-order valence-electron chi connectivity index (χ2n) is 6.50. The Balaban J connectivity index is 1.81. The highest BCUT2D eigenvalue weighted by Crippen LogP contribution is 2.28. The lowest BCUT2D eigenvalue weighted by Crippen LogP contribution is -2.37. The minimum absolute atomic E-state index is 0.0446. The van der Waals surface area contributed by atoms with Crippen LogP contribution in [-0.4, -0.2) is 55.5 Å². The minimum atomic E-state index is 0.0446. The molecule has 0 aromatic heterocycles. The largest absolute Gasteiger partial charge is 0.483 e. The van der Waals surface area contributed by atoms with E-state index in [2.05, 4.69) is 24.8 Å². The topological polar surface area (TPSA) is 32.8 Å². The van der Waals surface area contributed by atoms with Crippen LogP contribution in [0, 0.1) is 0 Å². The van der Waals surface area contributed by atoms with E-state index < -0.39 is 0 Å². The second-order valence-corrected chi connectivity index (χ2v) is 6.50. The van der Waals surface area contributed by atoms with Gasteiger partial charge in [-0.3, -0.25) is 4.79 Å². The maximum absolute atomic E-state index is 12.3. The lowest BCUT2D eigenvalue weighted by Gasteiger charge is -2.22. The molecule has 0 N–H and O–H groups in total. The van der Waals surface area contributed by atoms with Gasteiger partial charge in [-0.2, -0.15) is 0 Å². The Morgan fingerprint density at radius 3 is 2.70 bits per heavy atom. The van der Waals surface area contributed by atoms with Gasteiger partial charge in [0.15, 0.2) is 6.61 Å². The van der Waals surface area contributed by atoms with E-state index in [0.717, 1.165) is 25.3 Å². The molecule has 1 aliphatic rings. The molecule has 0 saturated carbocycles. The van der Waals surface area contributed by atoms with Crippen LogP contribution in [0.4, 0.5) is 0 Å². The van der Waals surface area contributed by atoms with Crippen molar-refractivity contribution in [3.63, 3.8) is 0 Å². The van der Waals surface area contributed by atoms with Gasteiger partial charge in [-0.1, -0.05) is 32.0 Å². The quantitative estimate of drug-likeness (QED) is 0.738. The van der Waals surface area contributed by atoms with Crippen LogP contribution < -0.4 is 4.74 Å². The fourth-order valence-corrected chi connectivity index (χ4v) is 2.91. The molecule has 1 aromatic rings. The number of para-hydroxylation sites is 1. The van der Waals surface area contributed by atoms with Crippen LogP contribution in [0.25, 0.3) is 0 Å². The summed E-state index contributed by atoms with van der Waals surface area (Å²) in [4.78, 5) is 16.5. The SMILES string of the molecule is CCC(C)c1ccccc1OCC(=O)N(C)CCN1CCCC1. The van der Waals surface area contributed by atoms with Crippen molar-refractivity contribution in [2.45, 2.75) is 39.0 Å². The summed E-state index contributed by atoms with van der Waals surface area (Å²) in [6, 6.07) is 8.03. The lowest BCUT2D eigenvalue weighted by atomic mass is 9.98. The smallest absolute Gasteiger partial charge is 0.260 e. The number of benzene rings is 1.